The van der Waals surface area contributed by atoms with E-state index in [1.54, 1.807) is 18.2 Å². The summed E-state index contributed by atoms with van der Waals surface area (Å²) in [6.07, 6.45) is 2.34. The predicted octanol–water partition coefficient (Wildman–Crippen LogP) is 2.35. The normalized spacial score (nSPS) is 17.7. The number of anilines is 2. The van der Waals surface area contributed by atoms with Gasteiger partial charge >= 0.3 is 0 Å². The number of hydrogen-bond acceptors (Lipinski definition) is 3. The molecule has 18 heavy (non-hydrogen) atoms. The minimum atomic E-state index is -0.107. The lowest BCUT2D eigenvalue weighted by Crippen LogP contribution is -2.40. The van der Waals surface area contributed by atoms with Crippen molar-refractivity contribution in [2.75, 3.05) is 24.1 Å². The number of carbonyl (C=O) groups is 1. The molecular formula is C13H18ClN3O. The van der Waals surface area contributed by atoms with Gasteiger partial charge in [0.1, 0.15) is 0 Å². The van der Waals surface area contributed by atoms with Gasteiger partial charge in [-0.25, -0.2) is 0 Å². The second-order valence-corrected chi connectivity index (χ2v) is 5.05. The molecule has 4 nitrogen and oxygen atoms in total. The lowest BCUT2D eigenvalue weighted by Gasteiger charge is -2.22. The molecule has 3 N–H and O–H groups in total. The van der Waals surface area contributed by atoms with Crippen LogP contribution in [0.3, 0.4) is 0 Å². The monoisotopic (exact) mass is 267 g/mol. The van der Waals surface area contributed by atoms with Crippen LogP contribution in [0.2, 0.25) is 5.02 Å². The van der Waals surface area contributed by atoms with Crippen LogP contribution in [0.5, 0.6) is 0 Å². The maximum absolute atomic E-state index is 12.1. The Balaban J connectivity index is 1.99. The van der Waals surface area contributed by atoms with E-state index in [1.807, 2.05) is 6.92 Å². The third kappa shape index (κ3) is 2.94. The summed E-state index contributed by atoms with van der Waals surface area (Å²) in [5, 5.41) is 3.37. The van der Waals surface area contributed by atoms with Crippen molar-refractivity contribution in [1.82, 2.24) is 4.90 Å². The van der Waals surface area contributed by atoms with Crippen molar-refractivity contribution < 1.29 is 4.79 Å². The van der Waals surface area contributed by atoms with Crippen molar-refractivity contribution in [1.29, 1.82) is 0 Å². The van der Waals surface area contributed by atoms with Gasteiger partial charge in [0.25, 0.3) is 0 Å². The standard InChI is InChI=1S/C13H18ClN3O/c1-9(17-6-2-3-7-17)13(18)16-10-4-5-11(14)12(15)8-10/h4-5,8-9H,2-3,6-7,15H2,1H3,(H,16,18). The molecule has 98 valence electrons. The Kier molecular flexibility index (Phi) is 4.09. The van der Waals surface area contributed by atoms with Crippen molar-refractivity contribution in [2.24, 2.45) is 0 Å². The van der Waals surface area contributed by atoms with E-state index in [1.165, 1.54) is 12.8 Å². The van der Waals surface area contributed by atoms with Crippen LogP contribution >= 0.6 is 11.6 Å². The third-order valence-electron chi connectivity index (χ3n) is 3.33. The van der Waals surface area contributed by atoms with Gasteiger partial charge in [-0.3, -0.25) is 9.69 Å². The van der Waals surface area contributed by atoms with Crippen molar-refractivity contribution in [3.8, 4) is 0 Å². The van der Waals surface area contributed by atoms with Gasteiger partial charge in [-0.1, -0.05) is 11.6 Å². The van der Waals surface area contributed by atoms with E-state index in [-0.39, 0.29) is 11.9 Å². The van der Waals surface area contributed by atoms with Crippen LogP contribution in [0, 0.1) is 0 Å². The Morgan fingerprint density at radius 1 is 1.44 bits per heavy atom. The second kappa shape index (κ2) is 5.59. The van der Waals surface area contributed by atoms with E-state index in [0.717, 1.165) is 13.1 Å². The Labute approximate surface area is 112 Å². The number of rotatable bonds is 3. The molecule has 1 aliphatic rings. The fraction of sp³-hybridized carbons (Fsp3) is 0.462. The van der Waals surface area contributed by atoms with E-state index >= 15 is 0 Å². The molecule has 0 bridgehead atoms. The van der Waals surface area contributed by atoms with Gasteiger partial charge in [-0.2, -0.15) is 0 Å². The third-order valence-corrected chi connectivity index (χ3v) is 3.68. The first-order chi connectivity index (χ1) is 8.58. The van der Waals surface area contributed by atoms with Crippen LogP contribution in [0.15, 0.2) is 18.2 Å². The summed E-state index contributed by atoms with van der Waals surface area (Å²) in [6, 6.07) is 5.02. The Hall–Kier alpha value is -1.26. The molecule has 1 atom stereocenters. The summed E-state index contributed by atoms with van der Waals surface area (Å²) >= 11 is 5.84. The molecular weight excluding hydrogens is 250 g/mol. The number of benzene rings is 1. The van der Waals surface area contributed by atoms with Crippen molar-refractivity contribution in [3.05, 3.63) is 23.2 Å². The molecule has 0 spiro atoms. The quantitative estimate of drug-likeness (QED) is 0.827. The van der Waals surface area contributed by atoms with E-state index in [4.69, 9.17) is 17.3 Å². The molecule has 1 heterocycles. The van der Waals surface area contributed by atoms with Gasteiger partial charge in [0.2, 0.25) is 5.91 Å². The van der Waals surface area contributed by atoms with Gasteiger partial charge in [-0.05, 0) is 51.1 Å². The van der Waals surface area contributed by atoms with Gasteiger partial charge in [0.05, 0.1) is 16.8 Å². The number of nitrogen functional groups attached to an aromatic ring is 1. The Morgan fingerprint density at radius 3 is 2.72 bits per heavy atom. The zero-order valence-electron chi connectivity index (χ0n) is 10.4. The first kappa shape index (κ1) is 13.2. The minimum Gasteiger partial charge on any atom is -0.397 e. The van der Waals surface area contributed by atoms with Crippen molar-refractivity contribution in [2.45, 2.75) is 25.8 Å². The molecule has 1 amide bonds. The van der Waals surface area contributed by atoms with Crippen LogP contribution in [-0.2, 0) is 4.79 Å². The maximum Gasteiger partial charge on any atom is 0.241 e. The Morgan fingerprint density at radius 2 is 2.11 bits per heavy atom. The molecule has 1 saturated heterocycles. The molecule has 2 rings (SSSR count). The highest BCUT2D eigenvalue weighted by molar-refractivity contribution is 6.33. The fourth-order valence-electron chi connectivity index (χ4n) is 2.16. The first-order valence-corrected chi connectivity index (χ1v) is 6.55. The summed E-state index contributed by atoms with van der Waals surface area (Å²) in [4.78, 5) is 14.3. The number of amides is 1. The van der Waals surface area contributed by atoms with Gasteiger partial charge in [0.15, 0.2) is 0 Å². The molecule has 5 heteroatoms. The lowest BCUT2D eigenvalue weighted by atomic mass is 10.2. The number of nitrogens with zero attached hydrogens (tertiary/aromatic N) is 1. The summed E-state index contributed by atoms with van der Waals surface area (Å²) in [5.41, 5.74) is 6.86. The smallest absolute Gasteiger partial charge is 0.241 e. The molecule has 1 aliphatic heterocycles. The van der Waals surface area contributed by atoms with Crippen LogP contribution in [-0.4, -0.2) is 29.9 Å². The summed E-state index contributed by atoms with van der Waals surface area (Å²) in [7, 11) is 0. The molecule has 0 aliphatic carbocycles. The largest absolute Gasteiger partial charge is 0.397 e. The molecule has 0 radical (unpaired) electrons. The van der Waals surface area contributed by atoms with Gasteiger partial charge in [-0.15, -0.1) is 0 Å². The molecule has 0 saturated carbocycles. The highest BCUT2D eigenvalue weighted by atomic mass is 35.5. The number of likely N-dealkylation sites (tertiary alicyclic amines) is 1. The molecule has 0 aromatic heterocycles. The number of hydrogen-bond donors (Lipinski definition) is 2. The average Bonchev–Trinajstić information content (AvgIpc) is 2.86. The number of nitrogens with two attached hydrogens (primary N) is 1. The molecule has 1 unspecified atom stereocenters. The Bertz CT molecular complexity index is 444. The van der Waals surface area contributed by atoms with Crippen LogP contribution in [0.25, 0.3) is 0 Å². The molecule has 1 fully saturated rings. The van der Waals surface area contributed by atoms with Gasteiger partial charge in [0, 0.05) is 5.69 Å². The van der Waals surface area contributed by atoms with E-state index in [9.17, 15) is 4.79 Å². The van der Waals surface area contributed by atoms with E-state index < -0.39 is 0 Å². The van der Waals surface area contributed by atoms with Crippen LogP contribution in [0.1, 0.15) is 19.8 Å². The van der Waals surface area contributed by atoms with Crippen molar-refractivity contribution in [3.63, 3.8) is 0 Å². The van der Waals surface area contributed by atoms with Gasteiger partial charge < -0.3 is 11.1 Å². The zero-order chi connectivity index (χ0) is 13.1. The van der Waals surface area contributed by atoms with Crippen LogP contribution in [0.4, 0.5) is 11.4 Å². The summed E-state index contributed by atoms with van der Waals surface area (Å²) in [5.74, 6) is -0.00128. The second-order valence-electron chi connectivity index (χ2n) is 4.64. The fourth-order valence-corrected chi connectivity index (χ4v) is 2.28. The maximum atomic E-state index is 12.1. The molecule has 1 aromatic carbocycles. The predicted molar refractivity (Wildman–Crippen MR) is 74.8 cm³/mol. The molecule has 1 aromatic rings. The van der Waals surface area contributed by atoms with E-state index in [2.05, 4.69) is 10.2 Å². The topological polar surface area (TPSA) is 58.4 Å². The van der Waals surface area contributed by atoms with E-state index in [0.29, 0.717) is 16.4 Å². The van der Waals surface area contributed by atoms with Crippen molar-refractivity contribution >= 4 is 28.9 Å². The minimum absolute atomic E-state index is 0.00128. The zero-order valence-corrected chi connectivity index (χ0v) is 11.2. The highest BCUT2D eigenvalue weighted by Gasteiger charge is 2.23. The number of halogens is 1. The highest BCUT2D eigenvalue weighted by Crippen LogP contribution is 2.22. The first-order valence-electron chi connectivity index (χ1n) is 6.18. The van der Waals surface area contributed by atoms with Crippen LogP contribution < -0.4 is 11.1 Å². The SMILES string of the molecule is CC(C(=O)Nc1ccc(Cl)c(N)c1)N1CCCC1. The number of carbonyl (C=O) groups excluding carboxylic acids is 1. The summed E-state index contributed by atoms with van der Waals surface area (Å²) in [6.45, 7) is 3.93. The number of nitrogens with one attached hydrogen (secondary N) is 1. The average molecular weight is 268 g/mol. The lowest BCUT2D eigenvalue weighted by molar-refractivity contribution is -0.120. The summed E-state index contributed by atoms with van der Waals surface area (Å²) < 4.78 is 0.